The van der Waals surface area contributed by atoms with Gasteiger partial charge in [-0.25, -0.2) is 4.39 Å². The Kier molecular flexibility index (Phi) is 7.83. The van der Waals surface area contributed by atoms with E-state index in [1.165, 1.54) is 12.1 Å². The number of hydrogen-bond acceptors (Lipinski definition) is 5. The minimum absolute atomic E-state index is 0.0776. The second-order valence-corrected chi connectivity index (χ2v) is 7.25. The van der Waals surface area contributed by atoms with Crippen molar-refractivity contribution in [3.8, 4) is 11.5 Å². The second kappa shape index (κ2) is 10.8. The summed E-state index contributed by atoms with van der Waals surface area (Å²) in [5.74, 6) is 0.595. The Bertz CT molecular complexity index is 921. The number of fused-ring (bicyclic) bond motifs is 1. The Hall–Kier alpha value is -3.13. The normalized spacial score (nSPS) is 12.5. The summed E-state index contributed by atoms with van der Waals surface area (Å²) < 4.78 is 24.4. The summed E-state index contributed by atoms with van der Waals surface area (Å²) >= 11 is 0. The van der Waals surface area contributed by atoms with Crippen LogP contribution >= 0.6 is 0 Å². The molecule has 31 heavy (non-hydrogen) atoms. The molecule has 0 saturated heterocycles. The molecule has 1 aliphatic heterocycles. The first-order valence-corrected chi connectivity index (χ1v) is 10.4. The van der Waals surface area contributed by atoms with E-state index in [0.717, 1.165) is 5.56 Å². The van der Waals surface area contributed by atoms with Gasteiger partial charge in [0.1, 0.15) is 19.0 Å². The molecular formula is C23H28FN3O4. The van der Waals surface area contributed by atoms with Gasteiger partial charge in [-0.3, -0.25) is 14.5 Å². The lowest BCUT2D eigenvalue weighted by molar-refractivity contribution is -0.133. The molecule has 0 radical (unpaired) electrons. The number of likely N-dealkylation sites (N-methyl/N-ethyl adjacent to an activating group) is 2. The van der Waals surface area contributed by atoms with Crippen molar-refractivity contribution in [2.24, 2.45) is 0 Å². The van der Waals surface area contributed by atoms with Crippen LogP contribution in [0.15, 0.2) is 42.5 Å². The molecule has 7 nitrogen and oxygen atoms in total. The van der Waals surface area contributed by atoms with Gasteiger partial charge in [0.2, 0.25) is 11.8 Å². The van der Waals surface area contributed by atoms with Crippen LogP contribution in [0, 0.1) is 5.82 Å². The molecule has 0 saturated carbocycles. The third kappa shape index (κ3) is 6.42. The van der Waals surface area contributed by atoms with Crippen molar-refractivity contribution in [2.75, 3.05) is 44.7 Å². The highest BCUT2D eigenvalue weighted by atomic mass is 19.1. The van der Waals surface area contributed by atoms with E-state index >= 15 is 0 Å². The van der Waals surface area contributed by atoms with E-state index in [1.54, 1.807) is 40.1 Å². The molecule has 2 aromatic rings. The van der Waals surface area contributed by atoms with Crippen LogP contribution in [0.4, 0.5) is 10.1 Å². The quantitative estimate of drug-likeness (QED) is 0.664. The minimum atomic E-state index is -0.327. The van der Waals surface area contributed by atoms with Crippen molar-refractivity contribution in [3.63, 3.8) is 0 Å². The molecule has 0 fully saturated rings. The summed E-state index contributed by atoms with van der Waals surface area (Å²) in [7, 11) is 0. The highest BCUT2D eigenvalue weighted by Crippen LogP contribution is 2.32. The lowest BCUT2D eigenvalue weighted by Crippen LogP contribution is -2.42. The molecule has 2 amide bonds. The smallest absolute Gasteiger partial charge is 0.238 e. The summed E-state index contributed by atoms with van der Waals surface area (Å²) in [5, 5.41) is 2.84. The van der Waals surface area contributed by atoms with E-state index in [2.05, 4.69) is 5.32 Å². The number of carbonyl (C=O) groups is 2. The van der Waals surface area contributed by atoms with E-state index in [-0.39, 0.29) is 30.7 Å². The van der Waals surface area contributed by atoms with Gasteiger partial charge in [-0.15, -0.1) is 0 Å². The van der Waals surface area contributed by atoms with Crippen LogP contribution in [0.5, 0.6) is 11.5 Å². The molecule has 0 aliphatic carbocycles. The maximum Gasteiger partial charge on any atom is 0.238 e. The van der Waals surface area contributed by atoms with Gasteiger partial charge in [0, 0.05) is 24.8 Å². The maximum atomic E-state index is 13.4. The van der Waals surface area contributed by atoms with E-state index < -0.39 is 0 Å². The molecular weight excluding hydrogens is 401 g/mol. The molecule has 0 atom stereocenters. The van der Waals surface area contributed by atoms with Crippen LogP contribution in [0.25, 0.3) is 0 Å². The predicted octanol–water partition coefficient (Wildman–Crippen LogP) is 2.91. The fourth-order valence-corrected chi connectivity index (χ4v) is 3.33. The fourth-order valence-electron chi connectivity index (χ4n) is 3.33. The van der Waals surface area contributed by atoms with Crippen LogP contribution in [0.3, 0.4) is 0 Å². The van der Waals surface area contributed by atoms with Crippen LogP contribution < -0.4 is 14.8 Å². The molecule has 1 N–H and O–H groups in total. The van der Waals surface area contributed by atoms with Crippen LogP contribution in [-0.2, 0) is 16.1 Å². The predicted molar refractivity (Wildman–Crippen MR) is 116 cm³/mol. The minimum Gasteiger partial charge on any atom is -0.486 e. The summed E-state index contributed by atoms with van der Waals surface area (Å²) in [4.78, 5) is 28.7. The zero-order chi connectivity index (χ0) is 22.2. The SMILES string of the molecule is CCN(CC(=O)Nc1ccc2c(c1)OCCO2)CC(=O)N(CC)Cc1cccc(F)c1. The first-order valence-electron chi connectivity index (χ1n) is 10.4. The zero-order valence-corrected chi connectivity index (χ0v) is 17.9. The highest BCUT2D eigenvalue weighted by molar-refractivity contribution is 5.93. The highest BCUT2D eigenvalue weighted by Gasteiger charge is 2.19. The molecule has 0 unspecified atom stereocenters. The van der Waals surface area contributed by atoms with Gasteiger partial charge in [-0.2, -0.15) is 0 Å². The van der Waals surface area contributed by atoms with Crippen molar-refractivity contribution >= 4 is 17.5 Å². The Morgan fingerprint density at radius 2 is 1.77 bits per heavy atom. The number of benzene rings is 2. The van der Waals surface area contributed by atoms with Crippen molar-refractivity contribution in [2.45, 2.75) is 20.4 Å². The molecule has 0 spiro atoms. The molecule has 0 aromatic heterocycles. The van der Waals surface area contributed by atoms with Gasteiger partial charge in [0.25, 0.3) is 0 Å². The van der Waals surface area contributed by atoms with Gasteiger partial charge in [0.15, 0.2) is 11.5 Å². The molecule has 1 heterocycles. The van der Waals surface area contributed by atoms with E-state index in [4.69, 9.17) is 9.47 Å². The second-order valence-electron chi connectivity index (χ2n) is 7.25. The van der Waals surface area contributed by atoms with E-state index in [1.807, 2.05) is 13.8 Å². The van der Waals surface area contributed by atoms with E-state index in [0.29, 0.717) is 50.0 Å². The Labute approximate surface area is 181 Å². The van der Waals surface area contributed by atoms with Gasteiger partial charge >= 0.3 is 0 Å². The zero-order valence-electron chi connectivity index (χ0n) is 17.9. The Balaban J connectivity index is 1.54. The van der Waals surface area contributed by atoms with Crippen molar-refractivity contribution in [3.05, 3.63) is 53.8 Å². The molecule has 1 aliphatic rings. The van der Waals surface area contributed by atoms with Crippen molar-refractivity contribution in [1.82, 2.24) is 9.80 Å². The Morgan fingerprint density at radius 1 is 1.00 bits per heavy atom. The third-order valence-corrected chi connectivity index (χ3v) is 5.00. The number of amides is 2. The number of nitrogens with one attached hydrogen (secondary N) is 1. The number of anilines is 1. The van der Waals surface area contributed by atoms with Gasteiger partial charge in [-0.05, 0) is 43.3 Å². The standard InChI is InChI=1S/C23H28FN3O4/c1-3-26(16-23(29)27(4-2)14-17-6-5-7-18(24)12-17)15-22(28)25-19-8-9-20-21(13-19)31-11-10-30-20/h5-9,12-13H,3-4,10-11,14-16H2,1-2H3,(H,25,28). The van der Waals surface area contributed by atoms with Crippen LogP contribution in [0.2, 0.25) is 0 Å². The third-order valence-electron chi connectivity index (χ3n) is 5.00. The number of nitrogens with zero attached hydrogens (tertiary/aromatic N) is 2. The molecule has 166 valence electrons. The van der Waals surface area contributed by atoms with Gasteiger partial charge < -0.3 is 19.7 Å². The Morgan fingerprint density at radius 3 is 2.48 bits per heavy atom. The number of carbonyl (C=O) groups excluding carboxylic acids is 2. The first-order chi connectivity index (χ1) is 15.0. The van der Waals surface area contributed by atoms with Crippen molar-refractivity contribution < 1.29 is 23.5 Å². The summed E-state index contributed by atoms with van der Waals surface area (Å²) in [6, 6.07) is 11.5. The number of rotatable bonds is 9. The fraction of sp³-hybridized carbons (Fsp3) is 0.391. The number of hydrogen-bond donors (Lipinski definition) is 1. The lowest BCUT2D eigenvalue weighted by atomic mass is 10.2. The summed E-state index contributed by atoms with van der Waals surface area (Å²) in [6.07, 6.45) is 0. The molecule has 3 rings (SSSR count). The molecule has 8 heteroatoms. The molecule has 2 aromatic carbocycles. The van der Waals surface area contributed by atoms with Crippen LogP contribution in [0.1, 0.15) is 19.4 Å². The summed E-state index contributed by atoms with van der Waals surface area (Å²) in [6.45, 7) is 6.30. The lowest BCUT2D eigenvalue weighted by Gasteiger charge is -2.26. The average molecular weight is 429 g/mol. The number of halogens is 1. The maximum absolute atomic E-state index is 13.4. The topological polar surface area (TPSA) is 71.1 Å². The first kappa shape index (κ1) is 22.6. The average Bonchev–Trinajstić information content (AvgIpc) is 2.76. The van der Waals surface area contributed by atoms with E-state index in [9.17, 15) is 14.0 Å². The monoisotopic (exact) mass is 429 g/mol. The van der Waals surface area contributed by atoms with Gasteiger partial charge in [-0.1, -0.05) is 19.1 Å². The largest absolute Gasteiger partial charge is 0.486 e. The van der Waals surface area contributed by atoms with Crippen LogP contribution in [-0.4, -0.2) is 61.0 Å². The van der Waals surface area contributed by atoms with Crippen molar-refractivity contribution in [1.29, 1.82) is 0 Å². The molecule has 0 bridgehead atoms. The van der Waals surface area contributed by atoms with Gasteiger partial charge in [0.05, 0.1) is 13.1 Å². The summed E-state index contributed by atoms with van der Waals surface area (Å²) in [5.41, 5.74) is 1.34. The number of ether oxygens (including phenoxy) is 2.